The molecular weight excluding hydrogens is 326 g/mol. The van der Waals surface area contributed by atoms with Crippen molar-refractivity contribution in [2.45, 2.75) is 32.0 Å². The van der Waals surface area contributed by atoms with E-state index in [0.29, 0.717) is 19.6 Å². The molecule has 0 radical (unpaired) electrons. The van der Waals surface area contributed by atoms with Crippen LogP contribution in [0.3, 0.4) is 0 Å². The van der Waals surface area contributed by atoms with Crippen LogP contribution in [0.1, 0.15) is 44.7 Å². The lowest BCUT2D eigenvalue weighted by atomic mass is 10.0. The van der Waals surface area contributed by atoms with Gasteiger partial charge in [-0.05, 0) is 29.7 Å². The van der Waals surface area contributed by atoms with Gasteiger partial charge >= 0.3 is 0 Å². The van der Waals surface area contributed by atoms with Crippen molar-refractivity contribution in [2.75, 3.05) is 6.54 Å². The third kappa shape index (κ3) is 2.37. The lowest BCUT2D eigenvalue weighted by Crippen LogP contribution is -2.54. The van der Waals surface area contributed by atoms with Gasteiger partial charge in [0.1, 0.15) is 12.3 Å². The number of nitrogens with zero attached hydrogens (tertiary/aromatic N) is 2. The maximum atomic E-state index is 12.7. The molecule has 1 aromatic carbocycles. The van der Waals surface area contributed by atoms with Crippen LogP contribution in [0.2, 0.25) is 0 Å². The first-order chi connectivity index (χ1) is 12.0. The molecule has 128 valence electrons. The largest absolute Gasteiger partial charge is 0.302 e. The molecule has 1 aromatic rings. The second kappa shape index (κ2) is 5.59. The molecule has 3 aliphatic rings. The van der Waals surface area contributed by atoms with Crippen LogP contribution in [0.25, 0.3) is 0 Å². The van der Waals surface area contributed by atoms with E-state index in [9.17, 15) is 24.0 Å². The van der Waals surface area contributed by atoms with Crippen molar-refractivity contribution in [3.63, 3.8) is 0 Å². The zero-order chi connectivity index (χ0) is 17.7. The van der Waals surface area contributed by atoms with Gasteiger partial charge in [-0.1, -0.05) is 0 Å². The van der Waals surface area contributed by atoms with E-state index in [-0.39, 0.29) is 24.0 Å². The summed E-state index contributed by atoms with van der Waals surface area (Å²) >= 11 is 0. The van der Waals surface area contributed by atoms with Gasteiger partial charge in [0, 0.05) is 19.5 Å². The Morgan fingerprint density at radius 2 is 1.64 bits per heavy atom. The molecule has 0 aliphatic carbocycles. The molecule has 1 N–H and O–H groups in total. The number of nitrogens with one attached hydrogen (secondary N) is 1. The van der Waals surface area contributed by atoms with E-state index >= 15 is 0 Å². The zero-order valence-corrected chi connectivity index (χ0v) is 13.3. The number of aldehydes is 1. The van der Waals surface area contributed by atoms with Crippen LogP contribution in [0.15, 0.2) is 12.1 Å². The van der Waals surface area contributed by atoms with Crippen molar-refractivity contribution in [1.82, 2.24) is 15.1 Å². The van der Waals surface area contributed by atoms with Crippen LogP contribution in [-0.4, -0.2) is 52.3 Å². The highest BCUT2D eigenvalue weighted by Crippen LogP contribution is 2.33. The maximum Gasteiger partial charge on any atom is 0.262 e. The Labute approximate surface area is 142 Å². The number of rotatable bonds is 3. The fourth-order valence-electron chi connectivity index (χ4n) is 3.67. The first kappa shape index (κ1) is 15.6. The summed E-state index contributed by atoms with van der Waals surface area (Å²) in [5, 5.41) is 2.18. The third-order valence-corrected chi connectivity index (χ3v) is 4.88. The molecule has 0 spiro atoms. The number of hydrogen-bond acceptors (Lipinski definition) is 6. The van der Waals surface area contributed by atoms with E-state index in [1.165, 1.54) is 0 Å². The minimum absolute atomic E-state index is 0.0982. The molecule has 1 unspecified atom stereocenters. The molecule has 0 bridgehead atoms. The van der Waals surface area contributed by atoms with E-state index in [1.807, 2.05) is 4.90 Å². The van der Waals surface area contributed by atoms with Gasteiger partial charge < -0.3 is 4.79 Å². The number of hydrogen-bond donors (Lipinski definition) is 1. The summed E-state index contributed by atoms with van der Waals surface area (Å²) in [6.07, 6.45) is 1.06. The number of benzene rings is 1. The first-order valence-corrected chi connectivity index (χ1v) is 8.03. The minimum Gasteiger partial charge on any atom is -0.302 e. The molecule has 1 atom stereocenters. The maximum absolute atomic E-state index is 12.7. The van der Waals surface area contributed by atoms with E-state index in [4.69, 9.17) is 0 Å². The SMILES string of the molecule is O=CCN1Cc2cc3c(cc2C1)C(=O)N(C1CCC(=O)NC1=O)C3=O. The summed E-state index contributed by atoms with van der Waals surface area (Å²) in [6, 6.07) is 2.41. The first-order valence-electron chi connectivity index (χ1n) is 8.03. The Morgan fingerprint density at radius 3 is 2.16 bits per heavy atom. The summed E-state index contributed by atoms with van der Waals surface area (Å²) in [6.45, 7) is 1.38. The van der Waals surface area contributed by atoms with Crippen LogP contribution >= 0.6 is 0 Å². The zero-order valence-electron chi connectivity index (χ0n) is 13.3. The second-order valence-electron chi connectivity index (χ2n) is 6.45. The number of carbonyl (C=O) groups excluding carboxylic acids is 5. The third-order valence-electron chi connectivity index (χ3n) is 4.88. The minimum atomic E-state index is -0.952. The van der Waals surface area contributed by atoms with Crippen molar-refractivity contribution in [3.8, 4) is 0 Å². The summed E-state index contributed by atoms with van der Waals surface area (Å²) in [7, 11) is 0. The molecule has 0 aromatic heterocycles. The Bertz CT molecular complexity index is 802. The van der Waals surface area contributed by atoms with Crippen molar-refractivity contribution in [3.05, 3.63) is 34.4 Å². The molecule has 3 heterocycles. The van der Waals surface area contributed by atoms with Crippen molar-refractivity contribution in [1.29, 1.82) is 0 Å². The van der Waals surface area contributed by atoms with Gasteiger partial charge in [0.15, 0.2) is 0 Å². The highest BCUT2D eigenvalue weighted by atomic mass is 16.2. The average molecular weight is 341 g/mol. The standard InChI is InChI=1S/C17H15N3O5/c21-4-3-19-7-9-5-11-12(6-10(9)8-19)17(25)20(16(11)24)13-1-2-14(22)18-15(13)23/h4-6,13H,1-3,7-8H2,(H,18,22,23). The van der Waals surface area contributed by atoms with Crippen LogP contribution < -0.4 is 5.32 Å². The molecule has 8 heteroatoms. The molecule has 4 amide bonds. The molecule has 1 fully saturated rings. The van der Waals surface area contributed by atoms with Gasteiger partial charge in [0.25, 0.3) is 11.8 Å². The van der Waals surface area contributed by atoms with Gasteiger partial charge in [-0.15, -0.1) is 0 Å². The Balaban J connectivity index is 1.65. The Morgan fingerprint density at radius 1 is 1.04 bits per heavy atom. The highest BCUT2D eigenvalue weighted by Gasteiger charge is 2.45. The number of fused-ring (bicyclic) bond motifs is 2. The van der Waals surface area contributed by atoms with E-state index in [2.05, 4.69) is 5.32 Å². The summed E-state index contributed by atoms with van der Waals surface area (Å²) in [5.41, 5.74) is 2.38. The predicted octanol–water partition coefficient (Wildman–Crippen LogP) is -0.398. The van der Waals surface area contributed by atoms with Gasteiger partial charge in [0.05, 0.1) is 17.7 Å². The van der Waals surface area contributed by atoms with Crippen molar-refractivity contribution >= 4 is 29.9 Å². The fraction of sp³-hybridized carbons (Fsp3) is 0.353. The summed E-state index contributed by atoms with van der Waals surface area (Å²) in [5.74, 6) is -2.03. The van der Waals surface area contributed by atoms with Crippen LogP contribution in [0.5, 0.6) is 0 Å². The summed E-state index contributed by atoms with van der Waals surface area (Å²) < 4.78 is 0. The van der Waals surface area contributed by atoms with Crippen LogP contribution in [0.4, 0.5) is 0 Å². The Hall–Kier alpha value is -2.87. The molecule has 3 aliphatic heterocycles. The van der Waals surface area contributed by atoms with Crippen LogP contribution in [-0.2, 0) is 27.5 Å². The van der Waals surface area contributed by atoms with Crippen LogP contribution in [0, 0.1) is 0 Å². The molecule has 4 rings (SSSR count). The molecule has 25 heavy (non-hydrogen) atoms. The van der Waals surface area contributed by atoms with Gasteiger partial charge in [0.2, 0.25) is 11.8 Å². The van der Waals surface area contributed by atoms with Gasteiger partial charge in [-0.25, -0.2) is 0 Å². The number of piperidine rings is 1. The van der Waals surface area contributed by atoms with Gasteiger partial charge in [-0.3, -0.25) is 34.3 Å². The fourth-order valence-corrected chi connectivity index (χ4v) is 3.67. The predicted molar refractivity (Wildman–Crippen MR) is 83.3 cm³/mol. The van der Waals surface area contributed by atoms with Crippen molar-refractivity contribution < 1.29 is 24.0 Å². The number of carbonyl (C=O) groups is 5. The second-order valence-corrected chi connectivity index (χ2v) is 6.45. The summed E-state index contributed by atoms with van der Waals surface area (Å²) in [4.78, 5) is 62.3. The normalized spacial score (nSPS) is 22.9. The Kier molecular flexibility index (Phi) is 3.50. The molecule has 8 nitrogen and oxygen atoms in total. The van der Waals surface area contributed by atoms with E-state index in [0.717, 1.165) is 22.3 Å². The number of amides is 4. The lowest BCUT2D eigenvalue weighted by Gasteiger charge is -2.27. The molecular formula is C17H15N3O5. The van der Waals surface area contributed by atoms with E-state index < -0.39 is 29.7 Å². The average Bonchev–Trinajstić information content (AvgIpc) is 3.06. The van der Waals surface area contributed by atoms with Gasteiger partial charge in [-0.2, -0.15) is 0 Å². The lowest BCUT2D eigenvalue weighted by molar-refractivity contribution is -0.136. The number of imide groups is 2. The monoisotopic (exact) mass is 341 g/mol. The highest BCUT2D eigenvalue weighted by molar-refractivity contribution is 6.23. The van der Waals surface area contributed by atoms with E-state index in [1.54, 1.807) is 12.1 Å². The van der Waals surface area contributed by atoms with Crippen molar-refractivity contribution in [2.24, 2.45) is 0 Å². The topological polar surface area (TPSA) is 104 Å². The quantitative estimate of drug-likeness (QED) is 0.593. The molecule has 0 saturated carbocycles. The smallest absolute Gasteiger partial charge is 0.262 e. The molecule has 1 saturated heterocycles.